The van der Waals surface area contributed by atoms with E-state index < -0.39 is 0 Å². The summed E-state index contributed by atoms with van der Waals surface area (Å²) in [4.78, 5) is 19.2. The molecule has 0 radical (unpaired) electrons. The maximum atomic E-state index is 13.0. The maximum Gasteiger partial charge on any atom is 0.258 e. The van der Waals surface area contributed by atoms with E-state index in [1.165, 1.54) is 21.9 Å². The van der Waals surface area contributed by atoms with Gasteiger partial charge in [0.05, 0.1) is 5.52 Å². The van der Waals surface area contributed by atoms with Gasteiger partial charge in [-0.3, -0.25) is 9.78 Å². The summed E-state index contributed by atoms with van der Waals surface area (Å²) in [5.41, 5.74) is 7.25. The number of amides is 1. The lowest BCUT2D eigenvalue weighted by molar-refractivity contribution is -0.114. The molecule has 4 aromatic rings. The number of allylic oxidation sites excluding steroid dienone is 3. The van der Waals surface area contributed by atoms with Gasteiger partial charge in [-0.2, -0.15) is 0 Å². The molecule has 30 heavy (non-hydrogen) atoms. The van der Waals surface area contributed by atoms with Gasteiger partial charge in [0.1, 0.15) is 0 Å². The number of carbonyl (C=O) groups excluding carboxylic acids is 1. The maximum absolute atomic E-state index is 13.0. The molecule has 1 aromatic heterocycles. The van der Waals surface area contributed by atoms with Gasteiger partial charge in [-0.25, -0.2) is 0 Å². The fourth-order valence-electron chi connectivity index (χ4n) is 4.50. The fourth-order valence-corrected chi connectivity index (χ4v) is 4.50. The number of para-hydroxylation sites is 1. The SMILES string of the molecule is CN(C(=O)C1=CC2=Cc3c(ccc4c3ccc3ncccc34)C2=C1)c1ccccc1. The number of rotatable bonds is 2. The summed E-state index contributed by atoms with van der Waals surface area (Å²) in [5, 5.41) is 3.59. The van der Waals surface area contributed by atoms with Gasteiger partial charge in [0.15, 0.2) is 0 Å². The van der Waals surface area contributed by atoms with Crippen molar-refractivity contribution in [3.63, 3.8) is 0 Å². The van der Waals surface area contributed by atoms with Gasteiger partial charge in [-0.1, -0.05) is 42.5 Å². The molecule has 142 valence electrons. The molecule has 2 aliphatic carbocycles. The predicted molar refractivity (Wildman–Crippen MR) is 123 cm³/mol. The molecule has 0 aliphatic heterocycles. The Balaban J connectivity index is 1.42. The van der Waals surface area contributed by atoms with Crippen molar-refractivity contribution in [1.29, 1.82) is 0 Å². The molecule has 1 amide bonds. The average molecular weight is 386 g/mol. The number of likely N-dealkylation sites (N-methyl/N-ethyl adjacent to an activating group) is 1. The highest BCUT2D eigenvalue weighted by atomic mass is 16.2. The van der Waals surface area contributed by atoms with Gasteiger partial charge >= 0.3 is 0 Å². The first-order valence-electron chi connectivity index (χ1n) is 10.00. The third-order valence-electron chi connectivity index (χ3n) is 6.03. The van der Waals surface area contributed by atoms with Crippen LogP contribution in [0.3, 0.4) is 0 Å². The van der Waals surface area contributed by atoms with Crippen molar-refractivity contribution in [1.82, 2.24) is 4.98 Å². The Labute approximate surface area is 174 Å². The Bertz CT molecular complexity index is 1460. The van der Waals surface area contributed by atoms with E-state index >= 15 is 0 Å². The summed E-state index contributed by atoms with van der Waals surface area (Å²) in [6.45, 7) is 0. The zero-order valence-corrected chi connectivity index (χ0v) is 16.5. The van der Waals surface area contributed by atoms with Crippen molar-refractivity contribution in [3.8, 4) is 0 Å². The fraction of sp³-hybridized carbons (Fsp3) is 0.0370. The highest BCUT2D eigenvalue weighted by Crippen LogP contribution is 2.44. The van der Waals surface area contributed by atoms with Crippen LogP contribution in [0.1, 0.15) is 11.1 Å². The number of carbonyl (C=O) groups is 1. The molecule has 0 fully saturated rings. The van der Waals surface area contributed by atoms with E-state index in [2.05, 4.69) is 41.4 Å². The van der Waals surface area contributed by atoms with Gasteiger partial charge < -0.3 is 4.90 Å². The normalized spacial score (nSPS) is 14.2. The molecule has 0 atom stereocenters. The molecule has 1 heterocycles. The van der Waals surface area contributed by atoms with E-state index in [1.807, 2.05) is 61.8 Å². The molecule has 0 saturated carbocycles. The molecule has 3 nitrogen and oxygen atoms in total. The van der Waals surface area contributed by atoms with Crippen molar-refractivity contribution in [2.24, 2.45) is 0 Å². The van der Waals surface area contributed by atoms with E-state index in [0.29, 0.717) is 0 Å². The number of hydrogen-bond acceptors (Lipinski definition) is 2. The van der Waals surface area contributed by atoms with E-state index in [1.54, 1.807) is 4.90 Å². The lowest BCUT2D eigenvalue weighted by Crippen LogP contribution is -2.26. The number of fused-ring (bicyclic) bond motifs is 7. The van der Waals surface area contributed by atoms with Gasteiger partial charge in [0.2, 0.25) is 0 Å². The first kappa shape index (κ1) is 16.9. The van der Waals surface area contributed by atoms with Gasteiger partial charge in [-0.15, -0.1) is 0 Å². The first-order valence-corrected chi connectivity index (χ1v) is 10.00. The first-order chi connectivity index (χ1) is 14.7. The van der Waals surface area contributed by atoms with Crippen LogP contribution >= 0.6 is 0 Å². The van der Waals surface area contributed by atoms with Crippen LogP contribution in [0.4, 0.5) is 5.69 Å². The van der Waals surface area contributed by atoms with Crippen LogP contribution in [0.25, 0.3) is 33.3 Å². The average Bonchev–Trinajstić information content (AvgIpc) is 3.37. The van der Waals surface area contributed by atoms with Crippen LogP contribution in [-0.2, 0) is 4.79 Å². The second-order valence-electron chi connectivity index (χ2n) is 7.71. The number of hydrogen-bond donors (Lipinski definition) is 0. The van der Waals surface area contributed by atoms with Crippen LogP contribution in [0.15, 0.2) is 96.2 Å². The van der Waals surface area contributed by atoms with Crippen molar-refractivity contribution in [2.75, 3.05) is 11.9 Å². The van der Waals surface area contributed by atoms with Crippen LogP contribution in [0.2, 0.25) is 0 Å². The van der Waals surface area contributed by atoms with Gasteiger partial charge in [0, 0.05) is 29.9 Å². The van der Waals surface area contributed by atoms with Crippen LogP contribution in [-0.4, -0.2) is 17.9 Å². The second-order valence-corrected chi connectivity index (χ2v) is 7.71. The lowest BCUT2D eigenvalue weighted by atomic mass is 9.96. The van der Waals surface area contributed by atoms with Gasteiger partial charge in [-0.05, 0) is 75.5 Å². The molecule has 0 N–H and O–H groups in total. The Morgan fingerprint density at radius 1 is 0.800 bits per heavy atom. The largest absolute Gasteiger partial charge is 0.311 e. The Hall–Kier alpha value is -3.98. The monoisotopic (exact) mass is 386 g/mol. The molecule has 3 heteroatoms. The van der Waals surface area contributed by atoms with E-state index in [9.17, 15) is 4.79 Å². The standard InChI is InChI=1S/C27H18N2O/c1-29(19-6-3-2-4-7-19)27(30)18-14-17-15-25-21-11-12-26-23(8-5-13-28-26)20(21)9-10-22(25)24(17)16-18/h2-16H,1H3. The Morgan fingerprint density at radius 3 is 2.50 bits per heavy atom. The number of pyridine rings is 1. The summed E-state index contributed by atoms with van der Waals surface area (Å²) >= 11 is 0. The second kappa shape index (κ2) is 6.26. The quantitative estimate of drug-likeness (QED) is 0.410. The highest BCUT2D eigenvalue weighted by molar-refractivity contribution is 6.18. The molecule has 0 saturated heterocycles. The molecule has 0 unspecified atom stereocenters. The summed E-state index contributed by atoms with van der Waals surface area (Å²) in [6.07, 6.45) is 8.06. The summed E-state index contributed by atoms with van der Waals surface area (Å²) in [6, 6.07) is 22.4. The number of benzene rings is 3. The molecule has 0 spiro atoms. The minimum Gasteiger partial charge on any atom is -0.311 e. The van der Waals surface area contributed by atoms with Crippen molar-refractivity contribution in [3.05, 3.63) is 107 Å². The molecular weight excluding hydrogens is 368 g/mol. The third-order valence-corrected chi connectivity index (χ3v) is 6.03. The van der Waals surface area contributed by atoms with Crippen molar-refractivity contribution >= 4 is 44.9 Å². The minimum absolute atomic E-state index is 0.00316. The topological polar surface area (TPSA) is 33.2 Å². The summed E-state index contributed by atoms with van der Waals surface area (Å²) in [7, 11) is 1.82. The van der Waals surface area contributed by atoms with Crippen molar-refractivity contribution < 1.29 is 4.79 Å². The smallest absolute Gasteiger partial charge is 0.258 e. The Kier molecular flexibility index (Phi) is 3.53. The summed E-state index contributed by atoms with van der Waals surface area (Å²) < 4.78 is 0. The van der Waals surface area contributed by atoms with E-state index in [4.69, 9.17) is 0 Å². The van der Waals surface area contributed by atoms with E-state index in [-0.39, 0.29) is 5.91 Å². The summed E-state index contributed by atoms with van der Waals surface area (Å²) in [5.74, 6) is 0.00316. The van der Waals surface area contributed by atoms with Crippen LogP contribution in [0.5, 0.6) is 0 Å². The Morgan fingerprint density at radius 2 is 1.63 bits per heavy atom. The highest BCUT2D eigenvalue weighted by Gasteiger charge is 2.27. The number of anilines is 1. The zero-order chi connectivity index (χ0) is 20.2. The van der Waals surface area contributed by atoms with Crippen LogP contribution < -0.4 is 4.90 Å². The van der Waals surface area contributed by atoms with E-state index in [0.717, 1.165) is 33.3 Å². The lowest BCUT2D eigenvalue weighted by Gasteiger charge is -2.17. The molecule has 2 aliphatic rings. The minimum atomic E-state index is 0.00316. The third kappa shape index (κ3) is 2.39. The molecular formula is C27H18N2O. The van der Waals surface area contributed by atoms with Gasteiger partial charge in [0.25, 0.3) is 5.91 Å². The zero-order valence-electron chi connectivity index (χ0n) is 16.5. The number of aromatic nitrogens is 1. The molecule has 6 rings (SSSR count). The predicted octanol–water partition coefficient (Wildman–Crippen LogP) is 5.77. The van der Waals surface area contributed by atoms with Crippen molar-refractivity contribution in [2.45, 2.75) is 0 Å². The van der Waals surface area contributed by atoms with Crippen LogP contribution in [0, 0.1) is 0 Å². The molecule has 0 bridgehead atoms. The number of nitrogens with zero attached hydrogens (tertiary/aromatic N) is 2. The molecule has 3 aromatic carbocycles.